The molecule has 106 valence electrons. The van der Waals surface area contributed by atoms with Crippen LogP contribution in [0.4, 0.5) is 11.4 Å². The average Bonchev–Trinajstić information content (AvgIpc) is 2.47. The van der Waals surface area contributed by atoms with Crippen molar-refractivity contribution in [3.63, 3.8) is 0 Å². The number of fused-ring (bicyclic) bond motifs is 1. The zero-order valence-electron chi connectivity index (χ0n) is 11.3. The smallest absolute Gasteiger partial charge is 0.251 e. The molecule has 0 spiro atoms. The van der Waals surface area contributed by atoms with Gasteiger partial charge in [-0.05, 0) is 36.2 Å². The van der Waals surface area contributed by atoms with E-state index in [9.17, 15) is 9.59 Å². The summed E-state index contributed by atoms with van der Waals surface area (Å²) in [7, 11) is 0. The number of amides is 1. The Balaban J connectivity index is 2.02. The highest BCUT2D eigenvalue weighted by Gasteiger charge is 2.20. The van der Waals surface area contributed by atoms with Crippen molar-refractivity contribution >= 4 is 23.1 Å². The third-order valence-electron chi connectivity index (χ3n) is 3.62. The lowest BCUT2D eigenvalue weighted by Gasteiger charge is -2.17. The van der Waals surface area contributed by atoms with Gasteiger partial charge < -0.3 is 16.8 Å². The van der Waals surface area contributed by atoms with Gasteiger partial charge in [0.1, 0.15) is 0 Å². The highest BCUT2D eigenvalue weighted by Crippen LogP contribution is 2.22. The second kappa shape index (κ2) is 4.94. The van der Waals surface area contributed by atoms with Crippen LogP contribution in [0.15, 0.2) is 36.4 Å². The molecule has 0 radical (unpaired) electrons. The molecule has 2 aromatic carbocycles. The molecular weight excluding hydrogens is 266 g/mol. The van der Waals surface area contributed by atoms with Crippen LogP contribution in [0.3, 0.4) is 0 Å². The Kier molecular flexibility index (Phi) is 3.10. The second-order valence-corrected chi connectivity index (χ2v) is 5.05. The summed E-state index contributed by atoms with van der Waals surface area (Å²) in [6.45, 7) is 0.629. The van der Waals surface area contributed by atoms with Crippen LogP contribution in [0.25, 0.3) is 0 Å². The standard InChI is InChI=1S/C16H15N3O2/c17-11-3-4-12(14(18)8-11)15(20)10-2-1-9-5-6-19-16(21)13(9)7-10/h1-4,7-8H,5-6,17-18H2,(H,19,21). The zero-order valence-corrected chi connectivity index (χ0v) is 11.3. The highest BCUT2D eigenvalue weighted by molar-refractivity contribution is 6.13. The molecule has 1 amide bonds. The van der Waals surface area contributed by atoms with Crippen molar-refractivity contribution in [2.75, 3.05) is 18.0 Å². The third kappa shape index (κ3) is 2.33. The van der Waals surface area contributed by atoms with Gasteiger partial charge >= 0.3 is 0 Å². The number of benzene rings is 2. The lowest BCUT2D eigenvalue weighted by molar-refractivity contribution is 0.0946. The Hall–Kier alpha value is -2.82. The van der Waals surface area contributed by atoms with E-state index < -0.39 is 0 Å². The van der Waals surface area contributed by atoms with Gasteiger partial charge in [0.05, 0.1) is 0 Å². The summed E-state index contributed by atoms with van der Waals surface area (Å²) in [5.74, 6) is -0.357. The van der Waals surface area contributed by atoms with Crippen molar-refractivity contribution in [3.05, 3.63) is 58.7 Å². The Labute approximate surface area is 121 Å². The molecule has 5 N–H and O–H groups in total. The van der Waals surface area contributed by atoms with Crippen molar-refractivity contribution in [3.8, 4) is 0 Å². The normalized spacial score (nSPS) is 13.4. The summed E-state index contributed by atoms with van der Waals surface area (Å²) in [4.78, 5) is 24.4. The predicted molar refractivity (Wildman–Crippen MR) is 81.2 cm³/mol. The van der Waals surface area contributed by atoms with Crippen LogP contribution in [-0.2, 0) is 6.42 Å². The van der Waals surface area contributed by atoms with Gasteiger partial charge in [-0.2, -0.15) is 0 Å². The Bertz CT molecular complexity index is 753. The first-order valence-corrected chi connectivity index (χ1v) is 6.67. The van der Waals surface area contributed by atoms with Crippen LogP contribution >= 0.6 is 0 Å². The first-order chi connectivity index (χ1) is 10.1. The molecule has 1 aliphatic rings. The van der Waals surface area contributed by atoms with E-state index in [1.54, 1.807) is 30.3 Å². The molecule has 0 bridgehead atoms. The van der Waals surface area contributed by atoms with Crippen LogP contribution in [0.2, 0.25) is 0 Å². The van der Waals surface area contributed by atoms with E-state index in [4.69, 9.17) is 11.5 Å². The molecule has 1 aliphatic heterocycles. The van der Waals surface area contributed by atoms with Crippen LogP contribution in [-0.4, -0.2) is 18.2 Å². The van der Waals surface area contributed by atoms with E-state index in [1.807, 2.05) is 6.07 Å². The number of hydrogen-bond acceptors (Lipinski definition) is 4. The number of anilines is 2. The molecule has 0 saturated carbocycles. The molecule has 0 saturated heterocycles. The number of nitrogens with one attached hydrogen (secondary N) is 1. The molecular formula is C16H15N3O2. The SMILES string of the molecule is Nc1ccc(C(=O)c2ccc3c(c2)C(=O)NCC3)c(N)c1. The molecule has 0 unspecified atom stereocenters. The summed E-state index contributed by atoms with van der Waals surface area (Å²) in [5.41, 5.74) is 14.7. The first-order valence-electron chi connectivity index (χ1n) is 6.67. The van der Waals surface area contributed by atoms with Gasteiger partial charge in [0.25, 0.3) is 5.91 Å². The van der Waals surface area contributed by atoms with Crippen molar-refractivity contribution < 1.29 is 9.59 Å². The average molecular weight is 281 g/mol. The van der Waals surface area contributed by atoms with E-state index >= 15 is 0 Å². The molecule has 0 aromatic heterocycles. The van der Waals surface area contributed by atoms with Gasteiger partial charge in [0.2, 0.25) is 0 Å². The summed E-state index contributed by atoms with van der Waals surface area (Å²) >= 11 is 0. The van der Waals surface area contributed by atoms with Crippen LogP contribution < -0.4 is 16.8 Å². The number of hydrogen-bond donors (Lipinski definition) is 3. The number of nitrogen functional groups attached to an aromatic ring is 2. The van der Waals surface area contributed by atoms with Crippen LogP contribution in [0.1, 0.15) is 31.8 Å². The molecule has 5 nitrogen and oxygen atoms in total. The molecule has 5 heteroatoms. The van der Waals surface area contributed by atoms with Gasteiger partial charge in [-0.1, -0.05) is 12.1 Å². The van der Waals surface area contributed by atoms with E-state index in [2.05, 4.69) is 5.32 Å². The highest BCUT2D eigenvalue weighted by atomic mass is 16.1. The maximum absolute atomic E-state index is 12.5. The van der Waals surface area contributed by atoms with Crippen molar-refractivity contribution in [1.29, 1.82) is 0 Å². The van der Waals surface area contributed by atoms with Gasteiger partial charge in [-0.15, -0.1) is 0 Å². The minimum atomic E-state index is -0.214. The molecule has 0 atom stereocenters. The summed E-state index contributed by atoms with van der Waals surface area (Å²) in [5, 5.41) is 2.77. The number of carbonyl (C=O) groups is 2. The molecule has 1 heterocycles. The minimum absolute atomic E-state index is 0.142. The minimum Gasteiger partial charge on any atom is -0.399 e. The fourth-order valence-electron chi connectivity index (χ4n) is 2.50. The van der Waals surface area contributed by atoms with Crippen molar-refractivity contribution in [2.24, 2.45) is 0 Å². The molecule has 0 fully saturated rings. The van der Waals surface area contributed by atoms with Gasteiger partial charge in [0.15, 0.2) is 5.78 Å². The van der Waals surface area contributed by atoms with Crippen molar-refractivity contribution in [2.45, 2.75) is 6.42 Å². The molecule has 3 rings (SSSR count). The van der Waals surface area contributed by atoms with Gasteiger partial charge in [-0.25, -0.2) is 0 Å². The van der Waals surface area contributed by atoms with E-state index in [-0.39, 0.29) is 11.7 Å². The monoisotopic (exact) mass is 281 g/mol. The fourth-order valence-corrected chi connectivity index (χ4v) is 2.50. The Morgan fingerprint density at radius 1 is 1.10 bits per heavy atom. The third-order valence-corrected chi connectivity index (χ3v) is 3.62. The summed E-state index contributed by atoms with van der Waals surface area (Å²) in [6.07, 6.45) is 0.777. The van der Waals surface area contributed by atoms with Crippen LogP contribution in [0.5, 0.6) is 0 Å². The topological polar surface area (TPSA) is 98.2 Å². The lowest BCUT2D eigenvalue weighted by atomic mass is 9.94. The number of ketones is 1. The van der Waals surface area contributed by atoms with E-state index in [0.717, 1.165) is 12.0 Å². The molecule has 0 aliphatic carbocycles. The zero-order chi connectivity index (χ0) is 15.0. The molecule has 21 heavy (non-hydrogen) atoms. The predicted octanol–water partition coefficient (Wildman–Crippen LogP) is 1.37. The number of rotatable bonds is 2. The largest absolute Gasteiger partial charge is 0.399 e. The summed E-state index contributed by atoms with van der Waals surface area (Å²) < 4.78 is 0. The quantitative estimate of drug-likeness (QED) is 0.572. The first kappa shape index (κ1) is 13.2. The van der Waals surface area contributed by atoms with Crippen molar-refractivity contribution in [1.82, 2.24) is 5.32 Å². The Morgan fingerprint density at radius 2 is 1.90 bits per heavy atom. The van der Waals surface area contributed by atoms with Gasteiger partial charge in [0, 0.05) is 34.6 Å². The number of nitrogens with two attached hydrogens (primary N) is 2. The maximum atomic E-state index is 12.5. The lowest BCUT2D eigenvalue weighted by Crippen LogP contribution is -2.32. The molecule has 2 aromatic rings. The second-order valence-electron chi connectivity index (χ2n) is 5.05. The Morgan fingerprint density at radius 3 is 2.67 bits per heavy atom. The fraction of sp³-hybridized carbons (Fsp3) is 0.125. The van der Waals surface area contributed by atoms with E-state index in [0.29, 0.717) is 34.6 Å². The van der Waals surface area contributed by atoms with Crippen LogP contribution in [0, 0.1) is 0 Å². The van der Waals surface area contributed by atoms with E-state index in [1.165, 1.54) is 0 Å². The maximum Gasteiger partial charge on any atom is 0.251 e. The summed E-state index contributed by atoms with van der Waals surface area (Å²) in [6, 6.07) is 9.98. The van der Waals surface area contributed by atoms with Gasteiger partial charge in [-0.3, -0.25) is 9.59 Å². The number of carbonyl (C=O) groups excluding carboxylic acids is 2.